The first-order valence-electron chi connectivity index (χ1n) is 17.6. The van der Waals surface area contributed by atoms with Crippen LogP contribution in [0.25, 0.3) is 0 Å². The molecule has 1 aromatic carbocycles. The molecule has 0 heterocycles. The molecular weight excluding hydrogens is 700 g/mol. The number of rotatable bonds is 20. The molecule has 0 spiro atoms. The topological polar surface area (TPSA) is 202 Å². The molecule has 298 valence electrons. The first-order valence-corrected chi connectivity index (χ1v) is 17.6. The van der Waals surface area contributed by atoms with Crippen LogP contribution < -0.4 is 21.3 Å². The molecule has 6 amide bonds. The molecule has 3 atom stereocenters. The van der Waals surface area contributed by atoms with Gasteiger partial charge >= 0.3 is 18.2 Å². The minimum atomic E-state index is -1.16. The van der Waals surface area contributed by atoms with Crippen LogP contribution >= 0.6 is 0 Å². The van der Waals surface area contributed by atoms with Crippen LogP contribution in [-0.4, -0.2) is 109 Å². The Labute approximate surface area is 318 Å². The van der Waals surface area contributed by atoms with Gasteiger partial charge in [-0.1, -0.05) is 38.6 Å². The predicted octanol–water partition coefficient (Wildman–Crippen LogP) is 3.11. The molecular formula is C38H56N6O10. The zero-order valence-electron chi connectivity index (χ0n) is 32.6. The van der Waals surface area contributed by atoms with Gasteiger partial charge in [-0.15, -0.1) is 12.3 Å². The highest BCUT2D eigenvalue weighted by Gasteiger charge is 2.31. The van der Waals surface area contributed by atoms with Crippen molar-refractivity contribution >= 4 is 47.5 Å². The average Bonchev–Trinajstić information content (AvgIpc) is 3.10. The number of carbonyl (C=O) groups excluding carboxylic acids is 7. The minimum absolute atomic E-state index is 0.00757. The molecule has 0 aliphatic carbocycles. The molecule has 16 nitrogen and oxygen atoms in total. The van der Waals surface area contributed by atoms with Crippen molar-refractivity contribution in [1.29, 1.82) is 0 Å². The number of hydrogen-bond acceptors (Lipinski definition) is 10. The Kier molecular flexibility index (Phi) is 19.9. The summed E-state index contributed by atoms with van der Waals surface area (Å²) in [5.74, 6) is -1.04. The number of likely N-dealkylation sites (N-methyl/N-ethyl adjacent to an activating group) is 2. The van der Waals surface area contributed by atoms with Crippen LogP contribution in [0.5, 0.6) is 0 Å². The van der Waals surface area contributed by atoms with Gasteiger partial charge in [-0.25, -0.2) is 9.59 Å². The van der Waals surface area contributed by atoms with Crippen LogP contribution in [0.1, 0.15) is 72.8 Å². The maximum atomic E-state index is 13.3. The van der Waals surface area contributed by atoms with Crippen LogP contribution in [0.4, 0.5) is 15.3 Å². The molecule has 16 heteroatoms. The van der Waals surface area contributed by atoms with Gasteiger partial charge in [0.25, 0.3) is 0 Å². The monoisotopic (exact) mass is 756 g/mol. The third-order valence-corrected chi connectivity index (χ3v) is 7.52. The lowest BCUT2D eigenvalue weighted by Gasteiger charge is -2.26. The van der Waals surface area contributed by atoms with Gasteiger partial charge in [-0.3, -0.25) is 24.0 Å². The van der Waals surface area contributed by atoms with Crippen LogP contribution in [0.15, 0.2) is 36.9 Å². The summed E-state index contributed by atoms with van der Waals surface area (Å²) >= 11 is 0. The summed E-state index contributed by atoms with van der Waals surface area (Å²) in [6.45, 7) is 14.1. The molecule has 0 aromatic heterocycles. The van der Waals surface area contributed by atoms with Gasteiger partial charge in [0.2, 0.25) is 23.6 Å². The van der Waals surface area contributed by atoms with Crippen LogP contribution in [-0.2, 0) is 44.8 Å². The molecule has 54 heavy (non-hydrogen) atoms. The second-order valence-electron chi connectivity index (χ2n) is 13.9. The largest absolute Gasteiger partial charge is 0.461 e. The second kappa shape index (κ2) is 23.2. The molecule has 1 unspecified atom stereocenters. The van der Waals surface area contributed by atoms with Gasteiger partial charge in [0.15, 0.2) is 0 Å². The molecule has 0 aliphatic heterocycles. The lowest BCUT2D eigenvalue weighted by atomic mass is 10.0. The molecule has 1 rings (SSSR count). The lowest BCUT2D eigenvalue weighted by molar-refractivity contribution is -0.143. The normalized spacial score (nSPS) is 12.4. The highest BCUT2D eigenvalue weighted by Crippen LogP contribution is 2.13. The number of benzene rings is 1. The lowest BCUT2D eigenvalue weighted by Crippen LogP contribution is -2.57. The SMILES string of the molecule is C#CCCC(=O)N[C@@H](CCC(=O)OCC=C)C(=O)NC(C(=O)N[C@@H](C)C(=O)Nc1ccc(COC(=O)N(C)CCN(C)C(=O)OC(C)(C)C)cc1)C(C)C. The summed E-state index contributed by atoms with van der Waals surface area (Å²) in [4.78, 5) is 91.2. The van der Waals surface area contributed by atoms with E-state index in [1.54, 1.807) is 73.0 Å². The highest BCUT2D eigenvalue weighted by atomic mass is 16.6. The molecule has 4 N–H and O–H groups in total. The first kappa shape index (κ1) is 46.4. The molecule has 0 fully saturated rings. The van der Waals surface area contributed by atoms with E-state index >= 15 is 0 Å². The Morgan fingerprint density at radius 3 is 2.02 bits per heavy atom. The molecule has 1 aromatic rings. The van der Waals surface area contributed by atoms with Crippen molar-refractivity contribution in [3.63, 3.8) is 0 Å². The Balaban J connectivity index is 2.74. The van der Waals surface area contributed by atoms with E-state index in [-0.39, 0.29) is 52.0 Å². The summed E-state index contributed by atoms with van der Waals surface area (Å²) in [7, 11) is 3.13. The number of anilines is 1. The smallest absolute Gasteiger partial charge is 0.410 e. The fourth-order valence-electron chi connectivity index (χ4n) is 4.38. The van der Waals surface area contributed by atoms with Gasteiger partial charge in [-0.05, 0) is 57.7 Å². The molecule has 0 saturated heterocycles. The maximum Gasteiger partial charge on any atom is 0.410 e. The summed E-state index contributed by atoms with van der Waals surface area (Å²) in [6.07, 6.45) is 5.38. The Hall–Kier alpha value is -5.59. The number of carbonyl (C=O) groups is 7. The van der Waals surface area contributed by atoms with E-state index in [0.29, 0.717) is 11.3 Å². The van der Waals surface area contributed by atoms with E-state index < -0.39 is 71.4 Å². The molecule has 0 bridgehead atoms. The molecule has 0 radical (unpaired) electrons. The number of nitrogens with zero attached hydrogens (tertiary/aromatic N) is 2. The molecule has 0 aliphatic rings. The van der Waals surface area contributed by atoms with E-state index in [9.17, 15) is 33.6 Å². The number of esters is 1. The van der Waals surface area contributed by atoms with E-state index in [0.717, 1.165) is 0 Å². The fourth-order valence-corrected chi connectivity index (χ4v) is 4.38. The summed E-state index contributed by atoms with van der Waals surface area (Å²) < 4.78 is 15.6. The average molecular weight is 757 g/mol. The minimum Gasteiger partial charge on any atom is -0.461 e. The van der Waals surface area contributed by atoms with Gasteiger partial charge in [0, 0.05) is 52.1 Å². The third kappa shape index (κ3) is 18.3. The van der Waals surface area contributed by atoms with Crippen LogP contribution in [0.3, 0.4) is 0 Å². The van der Waals surface area contributed by atoms with Crippen molar-refractivity contribution in [1.82, 2.24) is 25.8 Å². The Bertz CT molecular complexity index is 1500. The number of terminal acetylenes is 1. The van der Waals surface area contributed by atoms with Crippen molar-refractivity contribution in [2.75, 3.05) is 39.1 Å². The second-order valence-corrected chi connectivity index (χ2v) is 13.9. The van der Waals surface area contributed by atoms with Crippen molar-refractivity contribution < 1.29 is 47.8 Å². The number of ether oxygens (including phenoxy) is 3. The van der Waals surface area contributed by atoms with Crippen LogP contribution in [0.2, 0.25) is 0 Å². The number of nitrogens with one attached hydrogen (secondary N) is 4. The van der Waals surface area contributed by atoms with Crippen molar-refractivity contribution in [2.24, 2.45) is 5.92 Å². The predicted molar refractivity (Wildman–Crippen MR) is 202 cm³/mol. The van der Waals surface area contributed by atoms with Gasteiger partial charge in [0.05, 0.1) is 0 Å². The standard InChI is InChI=1S/C38H56N6O10/c1-11-13-14-30(45)41-29(19-20-31(46)52-23-12-2)34(48)42-32(25(3)4)35(49)39-26(5)33(47)40-28-17-15-27(16-18-28)24-53-36(50)43(9)21-22-44(10)37(51)54-38(6,7)8/h1,12,15-18,25-26,29,32H,2,13-14,19-24H2,3-10H3,(H,39,49)(H,40,47)(H,41,45)(H,42,48)/t26-,29-,32?/m0/s1. The Morgan fingerprint density at radius 2 is 1.46 bits per heavy atom. The highest BCUT2D eigenvalue weighted by molar-refractivity contribution is 5.98. The van der Waals surface area contributed by atoms with E-state index in [1.807, 2.05) is 0 Å². The van der Waals surface area contributed by atoms with Crippen molar-refractivity contribution in [3.05, 3.63) is 42.5 Å². The van der Waals surface area contributed by atoms with Crippen molar-refractivity contribution in [3.8, 4) is 12.3 Å². The summed E-state index contributed by atoms with van der Waals surface area (Å²) in [6, 6.07) is 3.28. The number of hydrogen-bond donors (Lipinski definition) is 4. The van der Waals surface area contributed by atoms with Gasteiger partial charge < -0.3 is 45.3 Å². The van der Waals surface area contributed by atoms with E-state index in [2.05, 4.69) is 33.8 Å². The first-order chi connectivity index (χ1) is 25.3. The zero-order chi connectivity index (χ0) is 41.0. The summed E-state index contributed by atoms with van der Waals surface area (Å²) in [5, 5.41) is 10.5. The van der Waals surface area contributed by atoms with Crippen molar-refractivity contribution in [2.45, 2.75) is 97.6 Å². The quantitative estimate of drug-likeness (QED) is 0.0663. The van der Waals surface area contributed by atoms with E-state index in [4.69, 9.17) is 20.6 Å². The fraction of sp³-hybridized carbons (Fsp3) is 0.553. The van der Waals surface area contributed by atoms with Gasteiger partial charge in [-0.2, -0.15) is 0 Å². The molecule has 0 saturated carbocycles. The number of amides is 6. The zero-order valence-corrected chi connectivity index (χ0v) is 32.6. The third-order valence-electron chi connectivity index (χ3n) is 7.52. The maximum absolute atomic E-state index is 13.3. The van der Waals surface area contributed by atoms with E-state index in [1.165, 1.54) is 22.8 Å². The Morgan fingerprint density at radius 1 is 0.852 bits per heavy atom. The van der Waals surface area contributed by atoms with Crippen LogP contribution in [0, 0.1) is 18.3 Å². The summed E-state index contributed by atoms with van der Waals surface area (Å²) in [5.41, 5.74) is 0.434. The van der Waals surface area contributed by atoms with Gasteiger partial charge in [0.1, 0.15) is 36.9 Å².